The van der Waals surface area contributed by atoms with E-state index in [1.165, 1.54) is 0 Å². The van der Waals surface area contributed by atoms with Crippen LogP contribution < -0.4 is 19.9 Å². The summed E-state index contributed by atoms with van der Waals surface area (Å²) >= 11 is 6.31. The number of ether oxygens (including phenoxy) is 1. The summed E-state index contributed by atoms with van der Waals surface area (Å²) < 4.78 is 6.51. The second kappa shape index (κ2) is 14.9. The first-order valence-electron chi connectivity index (χ1n) is 21.4. The molecule has 1 N–H and O–H groups in total. The van der Waals surface area contributed by atoms with Crippen molar-refractivity contribution in [2.24, 2.45) is 16.2 Å². The zero-order chi connectivity index (χ0) is 43.2. The standard InChI is InChI=1S/C47H52ClN7O6/c1-45(2)43(46(3,4)44(45)61-32-9-6-28(25-49)36(48)24-32)54-26-29-22-30(7-10-33(29)40(54)58)53-20-18-51(19-21-53)27-47(5)14-16-52(17-15-47)31-8-11-34-35(23-31)42(60)55(41(34)59)37-12-13-38(56)50-39(37)57/h6-11,22-24,37,43-44H,12-21,26-27H2,1-5H3,(H,50,56,57)/t37?,43-,44-. The number of fused-ring (bicyclic) bond motifs is 2. The molecule has 5 amide bonds. The Morgan fingerprint density at radius 1 is 0.770 bits per heavy atom. The predicted octanol–water partition coefficient (Wildman–Crippen LogP) is 5.88. The summed E-state index contributed by atoms with van der Waals surface area (Å²) in [6.07, 6.45) is 2.03. The fourth-order valence-corrected chi connectivity index (χ4v) is 11.8. The third kappa shape index (κ3) is 6.92. The number of nitrogens with zero attached hydrogens (tertiary/aromatic N) is 6. The molecule has 0 radical (unpaired) electrons. The van der Waals surface area contributed by atoms with Gasteiger partial charge in [0.25, 0.3) is 17.7 Å². The van der Waals surface area contributed by atoms with Gasteiger partial charge >= 0.3 is 0 Å². The van der Waals surface area contributed by atoms with Crippen LogP contribution in [0.5, 0.6) is 5.75 Å². The van der Waals surface area contributed by atoms with Crippen LogP contribution >= 0.6 is 11.6 Å². The first-order chi connectivity index (χ1) is 29.0. The molecule has 9 rings (SSSR count). The number of carbonyl (C=O) groups is 5. The van der Waals surface area contributed by atoms with E-state index in [-0.39, 0.29) is 47.1 Å². The highest BCUT2D eigenvalue weighted by Gasteiger charge is 2.67. The highest BCUT2D eigenvalue weighted by atomic mass is 35.5. The number of amides is 5. The second-order valence-corrected chi connectivity index (χ2v) is 19.7. The van der Waals surface area contributed by atoms with Crippen LogP contribution in [0.2, 0.25) is 5.02 Å². The second-order valence-electron chi connectivity index (χ2n) is 19.3. The zero-order valence-corrected chi connectivity index (χ0v) is 36.2. The Morgan fingerprint density at radius 2 is 1.41 bits per heavy atom. The third-order valence-corrected chi connectivity index (χ3v) is 14.7. The lowest BCUT2D eigenvalue weighted by Crippen LogP contribution is -2.74. The lowest BCUT2D eigenvalue weighted by atomic mass is 9.49. The van der Waals surface area contributed by atoms with Gasteiger partial charge in [-0.15, -0.1) is 0 Å². The minimum atomic E-state index is -0.978. The van der Waals surface area contributed by atoms with Gasteiger partial charge in [0.2, 0.25) is 11.8 Å². The molecular weight excluding hydrogens is 794 g/mol. The van der Waals surface area contributed by atoms with Crippen LogP contribution in [0.1, 0.15) is 103 Å². The van der Waals surface area contributed by atoms with Crippen LogP contribution in [-0.2, 0) is 16.1 Å². The molecule has 61 heavy (non-hydrogen) atoms. The summed E-state index contributed by atoms with van der Waals surface area (Å²) in [6.45, 7) is 17.9. The number of anilines is 2. The van der Waals surface area contributed by atoms with Gasteiger partial charge < -0.3 is 19.4 Å². The van der Waals surface area contributed by atoms with E-state index >= 15 is 0 Å². The van der Waals surface area contributed by atoms with Crippen molar-refractivity contribution in [3.8, 4) is 11.8 Å². The average molecular weight is 846 g/mol. The number of halogens is 1. The predicted molar refractivity (Wildman–Crippen MR) is 230 cm³/mol. The number of hydrogen-bond donors (Lipinski definition) is 1. The molecule has 0 bridgehead atoms. The van der Waals surface area contributed by atoms with Gasteiger partial charge in [0.1, 0.15) is 24.0 Å². The quantitative estimate of drug-likeness (QED) is 0.273. The van der Waals surface area contributed by atoms with E-state index in [2.05, 4.69) is 72.8 Å². The third-order valence-electron chi connectivity index (χ3n) is 14.4. The van der Waals surface area contributed by atoms with Gasteiger partial charge in [-0.1, -0.05) is 46.2 Å². The molecule has 1 atom stereocenters. The monoisotopic (exact) mass is 845 g/mol. The van der Waals surface area contributed by atoms with Gasteiger partial charge in [-0.05, 0) is 78.8 Å². The molecule has 1 unspecified atom stereocenters. The number of rotatable bonds is 8. The minimum Gasteiger partial charge on any atom is -0.489 e. The van der Waals surface area contributed by atoms with Crippen LogP contribution in [0, 0.1) is 27.6 Å². The number of piperidine rings is 2. The normalized spacial score (nSPS) is 25.5. The minimum absolute atomic E-state index is 0.0416. The van der Waals surface area contributed by atoms with E-state index in [0.717, 1.165) is 86.1 Å². The number of nitriles is 1. The molecule has 1 saturated carbocycles. The average Bonchev–Trinajstić information content (AvgIpc) is 3.67. The van der Waals surface area contributed by atoms with Gasteiger partial charge in [0.05, 0.1) is 21.7 Å². The van der Waals surface area contributed by atoms with Gasteiger partial charge in [0, 0.05) is 98.7 Å². The fraction of sp³-hybridized carbons (Fsp3) is 0.489. The number of carbonyl (C=O) groups excluding carboxylic acids is 5. The number of piperazine rings is 1. The lowest BCUT2D eigenvalue weighted by molar-refractivity contribution is -0.199. The van der Waals surface area contributed by atoms with Crippen molar-refractivity contribution in [3.63, 3.8) is 0 Å². The van der Waals surface area contributed by atoms with E-state index in [1.807, 2.05) is 17.0 Å². The topological polar surface area (TPSA) is 147 Å². The molecular formula is C47H52ClN7O6. The Morgan fingerprint density at radius 3 is 2.07 bits per heavy atom. The van der Waals surface area contributed by atoms with E-state index in [9.17, 15) is 29.2 Å². The van der Waals surface area contributed by atoms with Gasteiger partial charge in [-0.2, -0.15) is 5.26 Å². The SMILES string of the molecule is CC1(CN2CCN(c3ccc4c(c3)CN([C@H]3C(C)(C)[C@H](Oc5ccc(C#N)c(Cl)c5)C3(C)C)C4=O)CC2)CCN(c2ccc3c(c2)C(=O)N(C2CCC(=O)NC2=O)C3=O)CC1. The number of nitrogens with one attached hydrogen (secondary N) is 1. The summed E-state index contributed by atoms with van der Waals surface area (Å²) in [4.78, 5) is 75.1. The molecule has 13 nitrogen and oxygen atoms in total. The Labute approximate surface area is 361 Å². The largest absolute Gasteiger partial charge is 0.489 e. The van der Waals surface area contributed by atoms with E-state index in [0.29, 0.717) is 34.0 Å². The van der Waals surface area contributed by atoms with Crippen LogP contribution in [0.15, 0.2) is 54.6 Å². The van der Waals surface area contributed by atoms with Crippen molar-refractivity contribution in [1.82, 2.24) is 20.0 Å². The molecule has 318 valence electrons. The summed E-state index contributed by atoms with van der Waals surface area (Å²) in [6, 6.07) is 17.9. The molecule has 3 saturated heterocycles. The van der Waals surface area contributed by atoms with Crippen molar-refractivity contribution in [1.29, 1.82) is 5.26 Å². The molecule has 1 aliphatic carbocycles. The summed E-state index contributed by atoms with van der Waals surface area (Å²) in [5, 5.41) is 11.9. The first-order valence-corrected chi connectivity index (χ1v) is 21.7. The highest BCUT2D eigenvalue weighted by molar-refractivity contribution is 6.31. The molecule has 0 aromatic heterocycles. The van der Waals surface area contributed by atoms with Gasteiger partial charge in [-0.3, -0.25) is 39.1 Å². The van der Waals surface area contributed by atoms with Crippen LogP contribution in [-0.4, -0.2) is 108 Å². The van der Waals surface area contributed by atoms with Crippen molar-refractivity contribution < 1.29 is 28.7 Å². The highest BCUT2D eigenvalue weighted by Crippen LogP contribution is 2.59. The van der Waals surface area contributed by atoms with Crippen molar-refractivity contribution in [2.45, 2.75) is 85.0 Å². The maximum Gasteiger partial charge on any atom is 0.262 e. The van der Waals surface area contributed by atoms with Gasteiger partial charge in [-0.25, -0.2) is 0 Å². The summed E-state index contributed by atoms with van der Waals surface area (Å²) in [5.74, 6) is -1.29. The Hall–Kier alpha value is -5.45. The molecule has 0 spiro atoms. The number of benzene rings is 3. The smallest absolute Gasteiger partial charge is 0.262 e. The molecule has 6 aliphatic rings. The van der Waals surface area contributed by atoms with E-state index in [1.54, 1.807) is 30.3 Å². The Bertz CT molecular complexity index is 2390. The maximum absolute atomic E-state index is 14.0. The Balaban J connectivity index is 0.780. The Kier molecular flexibility index (Phi) is 9.98. The molecule has 5 aliphatic heterocycles. The molecule has 3 aromatic carbocycles. The molecule has 4 fully saturated rings. The van der Waals surface area contributed by atoms with Crippen LogP contribution in [0.25, 0.3) is 0 Å². The van der Waals surface area contributed by atoms with Gasteiger partial charge in [0.15, 0.2) is 0 Å². The van der Waals surface area contributed by atoms with E-state index in [4.69, 9.17) is 16.3 Å². The lowest BCUT2D eigenvalue weighted by Gasteiger charge is -2.65. The molecule has 5 heterocycles. The fourth-order valence-electron chi connectivity index (χ4n) is 11.6. The van der Waals surface area contributed by atoms with Crippen LogP contribution in [0.4, 0.5) is 11.4 Å². The molecule has 14 heteroatoms. The van der Waals surface area contributed by atoms with Crippen molar-refractivity contribution in [3.05, 3.63) is 87.4 Å². The maximum atomic E-state index is 14.0. The molecule has 3 aromatic rings. The van der Waals surface area contributed by atoms with Crippen molar-refractivity contribution in [2.75, 3.05) is 55.6 Å². The summed E-state index contributed by atoms with van der Waals surface area (Å²) in [7, 11) is 0. The van der Waals surface area contributed by atoms with Crippen molar-refractivity contribution >= 4 is 52.5 Å². The van der Waals surface area contributed by atoms with E-state index < -0.39 is 29.7 Å². The number of hydrogen-bond acceptors (Lipinski definition) is 10. The first kappa shape index (κ1) is 40.9. The zero-order valence-electron chi connectivity index (χ0n) is 35.4. The summed E-state index contributed by atoms with van der Waals surface area (Å²) in [5.41, 5.74) is 4.34. The van der Waals surface area contributed by atoms with Crippen LogP contribution in [0.3, 0.4) is 0 Å². The number of imide groups is 2.